The SMILES string of the molecule is [N-]=[N+]=NCCC=Cc1ccc(C=O)cc1[N+](=O)[O-]. The van der Waals surface area contributed by atoms with Gasteiger partial charge < -0.3 is 0 Å². The van der Waals surface area contributed by atoms with Crippen LogP contribution in [0.25, 0.3) is 16.5 Å². The minimum atomic E-state index is -0.542. The molecule has 7 nitrogen and oxygen atoms in total. The molecule has 0 saturated heterocycles. The van der Waals surface area contributed by atoms with Gasteiger partial charge in [-0.05, 0) is 18.0 Å². The van der Waals surface area contributed by atoms with E-state index >= 15 is 0 Å². The van der Waals surface area contributed by atoms with Crippen LogP contribution in [0.3, 0.4) is 0 Å². The molecule has 0 aliphatic heterocycles. The molecule has 0 spiro atoms. The fraction of sp³-hybridized carbons (Fsp3) is 0.182. The Hall–Kier alpha value is -2.66. The molecule has 0 aromatic heterocycles. The monoisotopic (exact) mass is 246 g/mol. The van der Waals surface area contributed by atoms with Gasteiger partial charge in [-0.2, -0.15) is 0 Å². The Kier molecular flexibility index (Phi) is 5.08. The van der Waals surface area contributed by atoms with Crippen molar-refractivity contribution in [1.82, 2.24) is 0 Å². The van der Waals surface area contributed by atoms with Crippen LogP contribution in [0.2, 0.25) is 0 Å². The molecule has 0 fully saturated rings. The van der Waals surface area contributed by atoms with Crippen molar-refractivity contribution in [2.45, 2.75) is 6.42 Å². The summed E-state index contributed by atoms with van der Waals surface area (Å²) in [4.78, 5) is 23.4. The number of nitrogens with zero attached hydrogens (tertiary/aromatic N) is 4. The van der Waals surface area contributed by atoms with E-state index in [1.165, 1.54) is 18.2 Å². The van der Waals surface area contributed by atoms with Gasteiger partial charge in [0.1, 0.15) is 6.29 Å². The van der Waals surface area contributed by atoms with Crippen molar-refractivity contribution in [3.63, 3.8) is 0 Å². The van der Waals surface area contributed by atoms with Crippen LogP contribution in [0.15, 0.2) is 29.4 Å². The minimum absolute atomic E-state index is 0.125. The Morgan fingerprint density at radius 1 is 1.50 bits per heavy atom. The molecule has 0 saturated carbocycles. The lowest BCUT2D eigenvalue weighted by atomic mass is 10.1. The molecule has 0 bridgehead atoms. The summed E-state index contributed by atoms with van der Waals surface area (Å²) in [5.74, 6) is 0. The lowest BCUT2D eigenvalue weighted by Gasteiger charge is -1.98. The molecule has 1 aromatic carbocycles. The average Bonchev–Trinajstić information content (AvgIpc) is 2.38. The molecular formula is C11H10N4O3. The number of azide groups is 1. The van der Waals surface area contributed by atoms with Gasteiger partial charge in [-0.15, -0.1) is 0 Å². The second kappa shape index (κ2) is 6.82. The van der Waals surface area contributed by atoms with Crippen LogP contribution >= 0.6 is 0 Å². The zero-order chi connectivity index (χ0) is 13.4. The van der Waals surface area contributed by atoms with Crippen molar-refractivity contribution in [3.8, 4) is 0 Å². The molecule has 0 N–H and O–H groups in total. The smallest absolute Gasteiger partial charge is 0.277 e. The third-order valence-electron chi connectivity index (χ3n) is 2.14. The maximum absolute atomic E-state index is 10.8. The molecule has 0 amide bonds. The Morgan fingerprint density at radius 2 is 2.28 bits per heavy atom. The Morgan fingerprint density at radius 3 is 2.89 bits per heavy atom. The number of carbonyl (C=O) groups is 1. The Bertz CT molecular complexity index is 533. The summed E-state index contributed by atoms with van der Waals surface area (Å²) in [5.41, 5.74) is 8.61. The van der Waals surface area contributed by atoms with Gasteiger partial charge >= 0.3 is 0 Å². The van der Waals surface area contributed by atoms with Gasteiger partial charge in [-0.25, -0.2) is 0 Å². The molecule has 0 radical (unpaired) electrons. The standard InChI is InChI=1S/C11H10N4O3/c12-14-13-6-2-1-3-10-5-4-9(8-16)7-11(10)15(17)18/h1,3-5,7-8H,2,6H2. The zero-order valence-corrected chi connectivity index (χ0v) is 9.39. The molecule has 7 heteroatoms. The molecule has 0 unspecified atom stereocenters. The zero-order valence-electron chi connectivity index (χ0n) is 9.39. The van der Waals surface area contributed by atoms with Crippen molar-refractivity contribution in [2.24, 2.45) is 5.11 Å². The van der Waals surface area contributed by atoms with Gasteiger partial charge in [0.25, 0.3) is 5.69 Å². The van der Waals surface area contributed by atoms with Gasteiger partial charge in [0, 0.05) is 23.1 Å². The van der Waals surface area contributed by atoms with E-state index in [1.54, 1.807) is 12.2 Å². The molecule has 0 aliphatic rings. The van der Waals surface area contributed by atoms with Crippen LogP contribution in [0.1, 0.15) is 22.3 Å². The van der Waals surface area contributed by atoms with Crippen molar-refractivity contribution in [2.75, 3.05) is 6.54 Å². The first-order valence-corrected chi connectivity index (χ1v) is 5.10. The molecular weight excluding hydrogens is 236 g/mol. The van der Waals surface area contributed by atoms with Crippen LogP contribution < -0.4 is 0 Å². The summed E-state index contributed by atoms with van der Waals surface area (Å²) in [5, 5.41) is 14.2. The third-order valence-corrected chi connectivity index (χ3v) is 2.14. The topological polar surface area (TPSA) is 109 Å². The van der Waals surface area contributed by atoms with E-state index in [0.29, 0.717) is 24.8 Å². The summed E-state index contributed by atoms with van der Waals surface area (Å²) in [6.45, 7) is 0.299. The normalized spacial score (nSPS) is 10.0. The number of hydrogen-bond acceptors (Lipinski definition) is 4. The number of nitro groups is 1. The first kappa shape index (κ1) is 13.4. The second-order valence-corrected chi connectivity index (χ2v) is 3.34. The largest absolute Gasteiger partial charge is 0.298 e. The molecule has 1 rings (SSSR count). The summed E-state index contributed by atoms with van der Waals surface area (Å²) in [6.07, 6.45) is 4.30. The number of nitro benzene ring substituents is 1. The van der Waals surface area contributed by atoms with Crippen molar-refractivity contribution >= 4 is 18.0 Å². The van der Waals surface area contributed by atoms with E-state index in [2.05, 4.69) is 10.0 Å². The van der Waals surface area contributed by atoms with E-state index in [0.717, 1.165) is 0 Å². The Balaban J connectivity index is 2.90. The third kappa shape index (κ3) is 3.73. The lowest BCUT2D eigenvalue weighted by Crippen LogP contribution is -1.93. The van der Waals surface area contributed by atoms with Gasteiger partial charge in [0.15, 0.2) is 0 Å². The van der Waals surface area contributed by atoms with Crippen LogP contribution in [-0.4, -0.2) is 17.8 Å². The highest BCUT2D eigenvalue weighted by Gasteiger charge is 2.11. The fourth-order valence-electron chi connectivity index (χ4n) is 1.32. The molecule has 92 valence electrons. The van der Waals surface area contributed by atoms with Crippen molar-refractivity contribution < 1.29 is 9.72 Å². The summed E-state index contributed by atoms with van der Waals surface area (Å²) >= 11 is 0. The first-order valence-electron chi connectivity index (χ1n) is 5.10. The number of hydrogen-bond donors (Lipinski definition) is 0. The quantitative estimate of drug-likeness (QED) is 0.146. The van der Waals surface area contributed by atoms with Crippen molar-refractivity contribution in [3.05, 3.63) is 56.0 Å². The summed E-state index contributed by atoms with van der Waals surface area (Å²) < 4.78 is 0. The molecule has 0 atom stereocenters. The fourth-order valence-corrected chi connectivity index (χ4v) is 1.32. The predicted molar refractivity (Wildman–Crippen MR) is 66.1 cm³/mol. The highest BCUT2D eigenvalue weighted by Crippen LogP contribution is 2.21. The van der Waals surface area contributed by atoms with Crippen molar-refractivity contribution in [1.29, 1.82) is 0 Å². The maximum Gasteiger partial charge on any atom is 0.277 e. The van der Waals surface area contributed by atoms with Crippen LogP contribution in [0, 0.1) is 10.1 Å². The van der Waals surface area contributed by atoms with E-state index in [9.17, 15) is 14.9 Å². The molecule has 0 heterocycles. The highest BCUT2D eigenvalue weighted by molar-refractivity contribution is 5.78. The number of rotatable bonds is 6. The van der Waals surface area contributed by atoms with Crippen LogP contribution in [-0.2, 0) is 0 Å². The number of aldehydes is 1. The first-order chi connectivity index (χ1) is 8.69. The average molecular weight is 246 g/mol. The van der Waals surface area contributed by atoms with E-state index in [1.807, 2.05) is 0 Å². The maximum atomic E-state index is 10.8. The van der Waals surface area contributed by atoms with Crippen LogP contribution in [0.4, 0.5) is 5.69 Å². The van der Waals surface area contributed by atoms with Crippen LogP contribution in [0.5, 0.6) is 0 Å². The second-order valence-electron chi connectivity index (χ2n) is 3.34. The summed E-state index contributed by atoms with van der Waals surface area (Å²) in [7, 11) is 0. The highest BCUT2D eigenvalue weighted by atomic mass is 16.6. The number of benzene rings is 1. The van der Waals surface area contributed by atoms with Gasteiger partial charge in [-0.1, -0.05) is 23.3 Å². The van der Waals surface area contributed by atoms with E-state index < -0.39 is 4.92 Å². The van der Waals surface area contributed by atoms with Gasteiger partial charge in [0.2, 0.25) is 0 Å². The van der Waals surface area contributed by atoms with Gasteiger partial charge in [-0.3, -0.25) is 14.9 Å². The number of carbonyl (C=O) groups excluding carboxylic acids is 1. The van der Waals surface area contributed by atoms with Gasteiger partial charge in [0.05, 0.1) is 10.5 Å². The molecule has 1 aromatic rings. The lowest BCUT2D eigenvalue weighted by molar-refractivity contribution is -0.385. The summed E-state index contributed by atoms with van der Waals surface area (Å²) in [6, 6.07) is 4.24. The molecule has 18 heavy (non-hydrogen) atoms. The molecule has 0 aliphatic carbocycles. The van der Waals surface area contributed by atoms with E-state index in [4.69, 9.17) is 5.53 Å². The Labute approximate surface area is 103 Å². The van der Waals surface area contributed by atoms with E-state index in [-0.39, 0.29) is 11.3 Å². The minimum Gasteiger partial charge on any atom is -0.298 e. The predicted octanol–water partition coefficient (Wildman–Crippen LogP) is 3.12.